The molecule has 3 fully saturated rings. The Morgan fingerprint density at radius 1 is 0.981 bits per heavy atom. The first-order valence-corrected chi connectivity index (χ1v) is 20.9. The summed E-state index contributed by atoms with van der Waals surface area (Å²) in [6, 6.07) is 4.97. The van der Waals surface area contributed by atoms with Crippen molar-refractivity contribution in [2.75, 3.05) is 13.2 Å². The number of sulfonamides is 1. The van der Waals surface area contributed by atoms with Crippen LogP contribution in [0, 0.1) is 23.2 Å². The summed E-state index contributed by atoms with van der Waals surface area (Å²) in [6.07, 6.45) is 12.8. The Labute approximate surface area is 311 Å². The molecule has 4 heterocycles. The van der Waals surface area contributed by atoms with E-state index in [-0.39, 0.29) is 55.9 Å². The van der Waals surface area contributed by atoms with Crippen molar-refractivity contribution in [3.63, 3.8) is 0 Å². The van der Waals surface area contributed by atoms with Crippen LogP contribution in [0.5, 0.6) is 0 Å². The zero-order valence-electron chi connectivity index (χ0n) is 30.5. The monoisotopic (exact) mass is 749 g/mol. The summed E-state index contributed by atoms with van der Waals surface area (Å²) in [4.78, 5) is 72.6. The zero-order valence-corrected chi connectivity index (χ0v) is 31.3. The molecule has 1 aromatic carbocycles. The Kier molecular flexibility index (Phi) is 10.8. The van der Waals surface area contributed by atoms with E-state index in [1.807, 2.05) is 37.3 Å². The van der Waals surface area contributed by atoms with Gasteiger partial charge in [0.2, 0.25) is 21.8 Å². The van der Waals surface area contributed by atoms with Gasteiger partial charge in [-0.05, 0) is 79.9 Å². The van der Waals surface area contributed by atoms with Crippen LogP contribution in [-0.2, 0) is 51.8 Å². The third-order valence-corrected chi connectivity index (χ3v) is 13.8. The molecular weight excluding hydrogens is 699 g/mol. The summed E-state index contributed by atoms with van der Waals surface area (Å²) in [5.74, 6) is -2.87. The molecule has 0 radical (unpaired) electrons. The normalized spacial score (nSPS) is 32.8. The van der Waals surface area contributed by atoms with Crippen LogP contribution in [0.15, 0.2) is 36.4 Å². The molecule has 2 saturated carbocycles. The maximum Gasteiger partial charge on any atom is 0.410 e. The van der Waals surface area contributed by atoms with Gasteiger partial charge in [-0.25, -0.2) is 13.2 Å². The van der Waals surface area contributed by atoms with Crippen LogP contribution in [0.4, 0.5) is 4.79 Å². The van der Waals surface area contributed by atoms with E-state index >= 15 is 0 Å². The van der Waals surface area contributed by atoms with E-state index in [1.165, 1.54) is 4.90 Å². The Morgan fingerprint density at radius 3 is 2.62 bits per heavy atom. The summed E-state index contributed by atoms with van der Waals surface area (Å²) in [6.45, 7) is 2.98. The highest BCUT2D eigenvalue weighted by atomic mass is 32.2. The number of nitrogens with one attached hydrogen (secondary N) is 1. The summed E-state index contributed by atoms with van der Waals surface area (Å²) in [5.41, 5.74) is 1.85. The number of benzene rings is 1. The molecule has 7 rings (SSSR count). The SMILES string of the molecule is C[C@@H]1CC/C=C/c2cccc3c2CN(C3)C(=O)O[C@@H]2C[C@H]3C(=O)C[C@]4(C(=O)NS(=O)(=O)C5CC5)C[C@H]4/C=C\CCCCC[C@H](CC(=O)OC1)C(=O)N3C2. The van der Waals surface area contributed by atoms with E-state index in [1.54, 1.807) is 4.90 Å². The van der Waals surface area contributed by atoms with Gasteiger partial charge in [0.25, 0.3) is 0 Å². The lowest BCUT2D eigenvalue weighted by atomic mass is 9.90. The van der Waals surface area contributed by atoms with Crippen molar-refractivity contribution >= 4 is 45.8 Å². The molecule has 286 valence electrons. The van der Waals surface area contributed by atoms with Crippen molar-refractivity contribution < 1.29 is 41.9 Å². The number of cyclic esters (lactones) is 1. The lowest BCUT2D eigenvalue weighted by Crippen LogP contribution is -2.46. The highest BCUT2D eigenvalue weighted by Gasteiger charge is 2.61. The fourth-order valence-corrected chi connectivity index (χ4v) is 9.83. The number of hydrogen-bond acceptors (Lipinski definition) is 9. The number of carbonyl (C=O) groups excluding carboxylic acids is 5. The third kappa shape index (κ3) is 8.39. The molecule has 1 N–H and O–H groups in total. The molecular formula is C40H51N3O9S. The summed E-state index contributed by atoms with van der Waals surface area (Å²) in [5, 5.41) is -0.600. The highest BCUT2D eigenvalue weighted by Crippen LogP contribution is 2.57. The Hall–Kier alpha value is -4.00. The van der Waals surface area contributed by atoms with Gasteiger partial charge in [0.15, 0.2) is 5.78 Å². The summed E-state index contributed by atoms with van der Waals surface area (Å²) >= 11 is 0. The third-order valence-electron chi connectivity index (χ3n) is 11.9. The number of fused-ring (bicyclic) bond motifs is 4. The van der Waals surface area contributed by atoms with E-state index < -0.39 is 56.7 Å². The van der Waals surface area contributed by atoms with Crippen LogP contribution in [0.3, 0.4) is 0 Å². The quantitative estimate of drug-likeness (QED) is 0.325. The van der Waals surface area contributed by atoms with Crippen LogP contribution in [0.1, 0.15) is 107 Å². The average molecular weight is 750 g/mol. The molecule has 12 nitrogen and oxygen atoms in total. The first kappa shape index (κ1) is 37.3. The standard InChI is InChI=1S/C40H51N3O9S/c1-26-10-7-8-11-27-13-9-14-29-22-42(24-33(27)29)39(48)52-31-19-34-35(44)21-40(38(47)41-53(49,50)32-16-17-32)20-30(40)15-6-4-2-3-5-12-28(18-36(45)51-25-26)37(46)43(34)23-31/h6,8-9,11,13-15,26,28,30-32,34H,2-5,7,10,12,16-25H2,1H3,(H,41,47)/b11-8+,15-6-/t26-,28-,30-,31-,34+,40-/m1/s1. The molecule has 0 spiro atoms. The highest BCUT2D eigenvalue weighted by molar-refractivity contribution is 7.90. The van der Waals surface area contributed by atoms with Crippen molar-refractivity contribution in [3.05, 3.63) is 53.1 Å². The largest absolute Gasteiger partial charge is 0.465 e. The van der Waals surface area contributed by atoms with Crippen molar-refractivity contribution in [1.82, 2.24) is 14.5 Å². The number of hydrogen-bond donors (Lipinski definition) is 1. The number of ether oxygens (including phenoxy) is 2. The molecule has 13 heteroatoms. The summed E-state index contributed by atoms with van der Waals surface area (Å²) in [7, 11) is -3.85. The van der Waals surface area contributed by atoms with E-state index in [9.17, 15) is 32.4 Å². The minimum atomic E-state index is -3.85. The van der Waals surface area contributed by atoms with Gasteiger partial charge in [-0.1, -0.05) is 62.3 Å². The first-order chi connectivity index (χ1) is 25.4. The number of Topliss-reactive ketones (excluding diaryl/α,β-unsaturated/α-hetero) is 1. The minimum absolute atomic E-state index is 0.0308. The number of amides is 3. The van der Waals surface area contributed by atoms with Gasteiger partial charge in [-0.15, -0.1) is 0 Å². The molecule has 3 amide bonds. The molecule has 1 saturated heterocycles. The van der Waals surface area contributed by atoms with E-state index in [0.29, 0.717) is 45.2 Å². The van der Waals surface area contributed by atoms with Crippen molar-refractivity contribution in [3.8, 4) is 0 Å². The molecule has 4 aliphatic heterocycles. The van der Waals surface area contributed by atoms with Gasteiger partial charge >= 0.3 is 12.1 Å². The lowest BCUT2D eigenvalue weighted by Gasteiger charge is -2.29. The Morgan fingerprint density at radius 2 is 1.81 bits per heavy atom. The number of rotatable bonds is 3. The van der Waals surface area contributed by atoms with Gasteiger partial charge in [0.05, 0.1) is 42.8 Å². The fraction of sp³-hybridized carbons (Fsp3) is 0.625. The lowest BCUT2D eigenvalue weighted by molar-refractivity contribution is -0.151. The molecule has 2 aliphatic carbocycles. The molecule has 1 aromatic rings. The second kappa shape index (κ2) is 15.4. The second-order valence-corrected chi connectivity index (χ2v) is 18.1. The van der Waals surface area contributed by atoms with Gasteiger partial charge in [-0.2, -0.15) is 0 Å². The number of nitrogens with zero attached hydrogens (tertiary/aromatic N) is 2. The van der Waals surface area contributed by atoms with Crippen molar-refractivity contribution in [2.24, 2.45) is 23.2 Å². The minimum Gasteiger partial charge on any atom is -0.465 e. The van der Waals surface area contributed by atoms with Crippen LogP contribution < -0.4 is 4.72 Å². The maximum atomic E-state index is 14.5. The molecule has 5 bridgehead atoms. The van der Waals surface area contributed by atoms with Gasteiger partial charge in [0, 0.05) is 25.3 Å². The Bertz CT molecular complexity index is 1800. The predicted molar refractivity (Wildman–Crippen MR) is 195 cm³/mol. The number of carbonyl (C=O) groups is 5. The zero-order chi connectivity index (χ0) is 37.3. The van der Waals surface area contributed by atoms with Gasteiger partial charge in [-0.3, -0.25) is 28.8 Å². The van der Waals surface area contributed by atoms with E-state index in [0.717, 1.165) is 48.8 Å². The molecule has 6 aliphatic rings. The van der Waals surface area contributed by atoms with E-state index in [2.05, 4.69) is 16.9 Å². The van der Waals surface area contributed by atoms with Gasteiger partial charge < -0.3 is 14.4 Å². The predicted octanol–water partition coefficient (Wildman–Crippen LogP) is 5.20. The number of allylic oxidation sites excluding steroid dienone is 3. The Balaban J connectivity index is 1.17. The fourth-order valence-electron chi connectivity index (χ4n) is 8.44. The van der Waals surface area contributed by atoms with Crippen molar-refractivity contribution in [2.45, 2.75) is 121 Å². The van der Waals surface area contributed by atoms with Gasteiger partial charge in [0.1, 0.15) is 6.10 Å². The second-order valence-electron chi connectivity index (χ2n) is 16.1. The molecule has 6 atom stereocenters. The molecule has 53 heavy (non-hydrogen) atoms. The summed E-state index contributed by atoms with van der Waals surface area (Å²) < 4.78 is 39.6. The van der Waals surface area contributed by atoms with Crippen LogP contribution in [0.2, 0.25) is 0 Å². The van der Waals surface area contributed by atoms with E-state index in [4.69, 9.17) is 9.47 Å². The maximum absolute atomic E-state index is 14.5. The van der Waals surface area contributed by atoms with Crippen molar-refractivity contribution in [1.29, 1.82) is 0 Å². The average Bonchev–Trinajstić information content (AvgIpc) is 4.01. The molecule has 0 unspecified atom stereocenters. The topological polar surface area (TPSA) is 156 Å². The number of esters is 1. The first-order valence-electron chi connectivity index (χ1n) is 19.4. The molecule has 0 aromatic heterocycles. The number of ketones is 1. The van der Waals surface area contributed by atoms with Crippen LogP contribution >= 0.6 is 0 Å². The van der Waals surface area contributed by atoms with Crippen LogP contribution in [-0.4, -0.2) is 78.4 Å². The van der Waals surface area contributed by atoms with Crippen LogP contribution in [0.25, 0.3) is 6.08 Å². The smallest absolute Gasteiger partial charge is 0.410 e.